The first kappa shape index (κ1) is 19.8. The number of nitrogens with zero attached hydrogens (tertiary/aromatic N) is 4. The van der Waals surface area contributed by atoms with E-state index in [1.54, 1.807) is 0 Å². The van der Waals surface area contributed by atoms with Crippen LogP contribution in [0.3, 0.4) is 0 Å². The summed E-state index contributed by atoms with van der Waals surface area (Å²) in [4.78, 5) is 7.29. The monoisotopic (exact) mass is 348 g/mol. The van der Waals surface area contributed by atoms with Crippen molar-refractivity contribution in [2.24, 2.45) is 23.9 Å². The van der Waals surface area contributed by atoms with Gasteiger partial charge in [0.2, 0.25) is 0 Å². The number of likely N-dealkylation sites (tertiary alicyclic amines) is 1. The van der Waals surface area contributed by atoms with Crippen molar-refractivity contribution < 1.29 is 0 Å². The van der Waals surface area contributed by atoms with Crippen molar-refractivity contribution in [3.05, 3.63) is 18.0 Å². The molecule has 142 valence electrons. The van der Waals surface area contributed by atoms with Gasteiger partial charge in [0.1, 0.15) is 0 Å². The van der Waals surface area contributed by atoms with Crippen molar-refractivity contribution in [3.8, 4) is 0 Å². The number of aliphatic imine (C=N–C) groups is 1. The molecule has 2 N–H and O–H groups in total. The smallest absolute Gasteiger partial charge is 0.191 e. The van der Waals surface area contributed by atoms with Gasteiger partial charge < -0.3 is 15.5 Å². The quantitative estimate of drug-likeness (QED) is 0.430. The molecule has 0 spiro atoms. The van der Waals surface area contributed by atoms with E-state index in [4.69, 9.17) is 0 Å². The highest BCUT2D eigenvalue weighted by Crippen LogP contribution is 2.20. The van der Waals surface area contributed by atoms with Gasteiger partial charge in [-0.05, 0) is 50.6 Å². The minimum Gasteiger partial charge on any atom is -0.357 e. The molecule has 2 rings (SSSR count). The summed E-state index contributed by atoms with van der Waals surface area (Å²) < 4.78 is 1.87. The zero-order valence-corrected chi connectivity index (χ0v) is 16.5. The molecule has 1 aromatic rings. The van der Waals surface area contributed by atoms with E-state index in [0.29, 0.717) is 6.54 Å². The predicted molar refractivity (Wildman–Crippen MR) is 105 cm³/mol. The number of piperidine rings is 1. The summed E-state index contributed by atoms with van der Waals surface area (Å²) in [6.07, 6.45) is 5.62. The van der Waals surface area contributed by atoms with E-state index in [-0.39, 0.29) is 0 Å². The van der Waals surface area contributed by atoms with Crippen molar-refractivity contribution in [1.82, 2.24) is 25.3 Å². The second-order valence-electron chi connectivity index (χ2n) is 7.48. The van der Waals surface area contributed by atoms with Crippen molar-refractivity contribution in [2.75, 3.05) is 32.7 Å². The largest absolute Gasteiger partial charge is 0.357 e. The Kier molecular flexibility index (Phi) is 8.25. The van der Waals surface area contributed by atoms with E-state index in [9.17, 15) is 0 Å². The van der Waals surface area contributed by atoms with Gasteiger partial charge in [0.15, 0.2) is 5.96 Å². The SMILES string of the molecule is CCNC(=NCc1ccnn1C)NCCCCN1CC(C)CC(C)C1. The number of nitrogens with one attached hydrogen (secondary N) is 2. The number of hydrogen-bond donors (Lipinski definition) is 2. The summed E-state index contributed by atoms with van der Waals surface area (Å²) >= 11 is 0. The van der Waals surface area contributed by atoms with Crippen LogP contribution in [0.25, 0.3) is 0 Å². The lowest BCUT2D eigenvalue weighted by atomic mass is 9.92. The lowest BCUT2D eigenvalue weighted by molar-refractivity contribution is 0.139. The molecule has 1 aromatic heterocycles. The molecule has 6 nitrogen and oxygen atoms in total. The molecule has 1 aliphatic rings. The van der Waals surface area contributed by atoms with E-state index in [1.807, 2.05) is 24.0 Å². The molecular weight excluding hydrogens is 312 g/mol. The van der Waals surface area contributed by atoms with Crippen LogP contribution in [0.2, 0.25) is 0 Å². The van der Waals surface area contributed by atoms with Gasteiger partial charge in [-0.3, -0.25) is 4.68 Å². The van der Waals surface area contributed by atoms with Gasteiger partial charge in [0.05, 0.1) is 12.2 Å². The van der Waals surface area contributed by atoms with Crippen molar-refractivity contribution in [2.45, 2.75) is 46.6 Å². The molecule has 1 saturated heterocycles. The Balaban J connectivity index is 1.66. The molecule has 0 aliphatic carbocycles. The number of hydrogen-bond acceptors (Lipinski definition) is 3. The van der Waals surface area contributed by atoms with Crippen LogP contribution < -0.4 is 10.6 Å². The average molecular weight is 349 g/mol. The van der Waals surface area contributed by atoms with E-state index < -0.39 is 0 Å². The molecule has 1 aliphatic heterocycles. The van der Waals surface area contributed by atoms with E-state index in [1.165, 1.54) is 38.9 Å². The van der Waals surface area contributed by atoms with Crippen LogP contribution in [0.5, 0.6) is 0 Å². The lowest BCUT2D eigenvalue weighted by Gasteiger charge is -2.34. The fourth-order valence-electron chi connectivity index (χ4n) is 3.70. The Bertz CT molecular complexity index is 514. The van der Waals surface area contributed by atoms with Crippen LogP contribution in [0.1, 0.15) is 45.7 Å². The van der Waals surface area contributed by atoms with E-state index in [2.05, 4.69) is 46.4 Å². The summed E-state index contributed by atoms with van der Waals surface area (Å²) in [6.45, 7) is 13.1. The zero-order chi connectivity index (χ0) is 18.1. The third-order valence-electron chi connectivity index (χ3n) is 4.80. The van der Waals surface area contributed by atoms with Crippen molar-refractivity contribution >= 4 is 5.96 Å². The molecule has 2 heterocycles. The highest BCUT2D eigenvalue weighted by atomic mass is 15.3. The second kappa shape index (κ2) is 10.4. The molecule has 0 aromatic carbocycles. The third-order valence-corrected chi connectivity index (χ3v) is 4.80. The Morgan fingerprint density at radius 1 is 1.24 bits per heavy atom. The third kappa shape index (κ3) is 7.06. The standard InChI is InChI=1S/C19H36N6/c1-5-20-19(22-13-18-8-10-23-24(18)4)21-9-6-7-11-25-14-16(2)12-17(3)15-25/h8,10,16-17H,5-7,9,11-15H2,1-4H3,(H2,20,21,22). The predicted octanol–water partition coefficient (Wildman–Crippen LogP) is 2.23. The fourth-order valence-corrected chi connectivity index (χ4v) is 3.70. The van der Waals surface area contributed by atoms with Gasteiger partial charge in [-0.1, -0.05) is 13.8 Å². The summed E-state index contributed by atoms with van der Waals surface area (Å²) in [5.74, 6) is 2.59. The topological polar surface area (TPSA) is 57.5 Å². The molecule has 0 amide bonds. The minimum atomic E-state index is 0.648. The number of rotatable bonds is 8. The van der Waals surface area contributed by atoms with Crippen LogP contribution in [0.4, 0.5) is 0 Å². The first-order valence-electron chi connectivity index (χ1n) is 9.80. The Morgan fingerprint density at radius 2 is 2.00 bits per heavy atom. The molecular formula is C19H36N6. The van der Waals surface area contributed by atoms with Crippen LogP contribution in [-0.4, -0.2) is 53.4 Å². The van der Waals surface area contributed by atoms with Crippen LogP contribution >= 0.6 is 0 Å². The molecule has 2 atom stereocenters. The van der Waals surface area contributed by atoms with Crippen molar-refractivity contribution in [1.29, 1.82) is 0 Å². The summed E-state index contributed by atoms with van der Waals surface area (Å²) in [7, 11) is 1.95. The minimum absolute atomic E-state index is 0.648. The van der Waals surface area contributed by atoms with Gasteiger partial charge in [-0.25, -0.2) is 4.99 Å². The van der Waals surface area contributed by atoms with Crippen molar-refractivity contribution in [3.63, 3.8) is 0 Å². The van der Waals surface area contributed by atoms with E-state index >= 15 is 0 Å². The maximum atomic E-state index is 4.65. The van der Waals surface area contributed by atoms with Gasteiger partial charge in [-0.15, -0.1) is 0 Å². The Hall–Kier alpha value is -1.56. The molecule has 6 heteroatoms. The highest BCUT2D eigenvalue weighted by molar-refractivity contribution is 5.79. The fraction of sp³-hybridized carbons (Fsp3) is 0.789. The Morgan fingerprint density at radius 3 is 2.64 bits per heavy atom. The normalized spacial score (nSPS) is 22.2. The van der Waals surface area contributed by atoms with Crippen LogP contribution in [0.15, 0.2) is 17.3 Å². The summed E-state index contributed by atoms with van der Waals surface area (Å²) in [5.41, 5.74) is 1.12. The van der Waals surface area contributed by atoms with Gasteiger partial charge >= 0.3 is 0 Å². The molecule has 0 saturated carbocycles. The zero-order valence-electron chi connectivity index (χ0n) is 16.5. The summed E-state index contributed by atoms with van der Waals surface area (Å²) in [6, 6.07) is 2.01. The maximum absolute atomic E-state index is 4.65. The first-order valence-corrected chi connectivity index (χ1v) is 9.80. The number of guanidine groups is 1. The van der Waals surface area contributed by atoms with Gasteiger partial charge in [0, 0.05) is 39.4 Å². The van der Waals surface area contributed by atoms with Gasteiger partial charge in [0.25, 0.3) is 0 Å². The molecule has 0 bridgehead atoms. The summed E-state index contributed by atoms with van der Waals surface area (Å²) in [5, 5.41) is 10.9. The van der Waals surface area contributed by atoms with Crippen LogP contribution in [-0.2, 0) is 13.6 Å². The number of aromatic nitrogens is 2. The van der Waals surface area contributed by atoms with Gasteiger partial charge in [-0.2, -0.15) is 5.10 Å². The highest BCUT2D eigenvalue weighted by Gasteiger charge is 2.20. The van der Waals surface area contributed by atoms with Crippen LogP contribution in [0, 0.1) is 11.8 Å². The molecule has 2 unspecified atom stereocenters. The first-order chi connectivity index (χ1) is 12.1. The average Bonchev–Trinajstić information content (AvgIpc) is 2.96. The molecule has 25 heavy (non-hydrogen) atoms. The molecule has 1 fully saturated rings. The number of aryl methyl sites for hydroxylation is 1. The second-order valence-corrected chi connectivity index (χ2v) is 7.48. The number of unbranched alkanes of at least 4 members (excludes halogenated alkanes) is 1. The lowest BCUT2D eigenvalue weighted by Crippen LogP contribution is -2.40. The van der Waals surface area contributed by atoms with E-state index in [0.717, 1.165) is 36.6 Å². The Labute approximate surface area is 153 Å². The molecule has 0 radical (unpaired) electrons. The maximum Gasteiger partial charge on any atom is 0.191 e.